The van der Waals surface area contributed by atoms with Gasteiger partial charge in [-0.05, 0) is 68.1 Å². The lowest BCUT2D eigenvalue weighted by atomic mass is 9.92. The topological polar surface area (TPSA) is 129 Å². The summed E-state index contributed by atoms with van der Waals surface area (Å²) in [5.41, 5.74) is 9.87. The molecule has 10 heteroatoms. The quantitative estimate of drug-likeness (QED) is 0.501. The number of benzene rings is 1. The highest BCUT2D eigenvalue weighted by Gasteiger charge is 2.61. The summed E-state index contributed by atoms with van der Waals surface area (Å²) in [6, 6.07) is 11.0. The van der Waals surface area contributed by atoms with Crippen molar-refractivity contribution in [2.75, 3.05) is 38.2 Å². The summed E-state index contributed by atoms with van der Waals surface area (Å²) in [5.74, 6) is 0.663. The second-order valence-corrected chi connectivity index (χ2v) is 14.1. The number of rotatable bonds is 6. The van der Waals surface area contributed by atoms with Crippen molar-refractivity contribution in [1.82, 2.24) is 19.5 Å². The van der Waals surface area contributed by atoms with Gasteiger partial charge in [0.1, 0.15) is 5.82 Å². The molecule has 3 heterocycles. The number of carbonyl (C=O) groups excluding carboxylic acids is 1. The molecule has 1 aromatic heterocycles. The fourth-order valence-corrected chi connectivity index (χ4v) is 7.95. The van der Waals surface area contributed by atoms with Crippen LogP contribution in [0.5, 0.6) is 0 Å². The van der Waals surface area contributed by atoms with Gasteiger partial charge in [0.15, 0.2) is 0 Å². The number of fused-ring (bicyclic) bond motifs is 1. The Morgan fingerprint density at radius 1 is 1.08 bits per heavy atom. The largest absolute Gasteiger partial charge is 0.393 e. The van der Waals surface area contributed by atoms with Crippen molar-refractivity contribution in [1.29, 1.82) is 0 Å². The van der Waals surface area contributed by atoms with E-state index in [1.807, 2.05) is 6.07 Å². The molecule has 0 radical (unpaired) electrons. The molecule has 2 atom stereocenters. The fraction of sp³-hybridized carbons (Fsp3) is 0.586. The Morgan fingerprint density at radius 3 is 2.44 bits per heavy atom. The highest BCUT2D eigenvalue weighted by atomic mass is 32.2. The Balaban J connectivity index is 1.11. The zero-order valence-electron chi connectivity index (χ0n) is 22.6. The van der Waals surface area contributed by atoms with E-state index in [4.69, 9.17) is 5.73 Å². The fourth-order valence-electron chi connectivity index (χ4n) is 7.08. The second-order valence-electron chi connectivity index (χ2n) is 12.1. The van der Waals surface area contributed by atoms with Gasteiger partial charge in [0, 0.05) is 55.4 Å². The highest BCUT2D eigenvalue weighted by molar-refractivity contribution is 7.88. The molecule has 1 aromatic carbocycles. The third-order valence-corrected chi connectivity index (χ3v) is 10.9. The summed E-state index contributed by atoms with van der Waals surface area (Å²) in [7, 11) is -3.10. The first kappa shape index (κ1) is 26.7. The number of anilines is 1. The van der Waals surface area contributed by atoms with Crippen LogP contribution in [0.1, 0.15) is 60.9 Å². The molecule has 4 aliphatic rings. The maximum atomic E-state index is 13.0. The van der Waals surface area contributed by atoms with Crippen LogP contribution in [0.15, 0.2) is 36.5 Å². The van der Waals surface area contributed by atoms with E-state index in [1.165, 1.54) is 18.2 Å². The van der Waals surface area contributed by atoms with Gasteiger partial charge < -0.3 is 16.2 Å². The number of sulfonamides is 1. The van der Waals surface area contributed by atoms with Gasteiger partial charge in [-0.15, -0.1) is 0 Å². The molecule has 0 spiro atoms. The molecular weight excluding hydrogens is 514 g/mol. The molecule has 210 valence electrons. The number of pyridine rings is 1. The van der Waals surface area contributed by atoms with Gasteiger partial charge in [0.2, 0.25) is 10.0 Å². The summed E-state index contributed by atoms with van der Waals surface area (Å²) in [6.07, 6.45) is 8.69. The molecule has 9 nitrogen and oxygen atoms in total. The number of aromatic nitrogens is 1. The van der Waals surface area contributed by atoms with Crippen LogP contribution in [-0.4, -0.2) is 84.2 Å². The number of nitrogen functional groups attached to an aromatic ring is 1. The van der Waals surface area contributed by atoms with E-state index in [1.54, 1.807) is 10.5 Å². The van der Waals surface area contributed by atoms with Crippen molar-refractivity contribution >= 4 is 21.7 Å². The Bertz CT molecular complexity index is 1330. The zero-order valence-corrected chi connectivity index (χ0v) is 23.4. The van der Waals surface area contributed by atoms with Crippen LogP contribution >= 0.6 is 0 Å². The molecule has 39 heavy (non-hydrogen) atoms. The maximum absolute atomic E-state index is 13.0. The number of hydrogen-bond acceptors (Lipinski definition) is 7. The van der Waals surface area contributed by atoms with Crippen LogP contribution in [0.25, 0.3) is 11.1 Å². The van der Waals surface area contributed by atoms with Crippen LogP contribution in [0.3, 0.4) is 0 Å². The third kappa shape index (κ3) is 5.31. The summed E-state index contributed by atoms with van der Waals surface area (Å²) in [4.78, 5) is 19.9. The minimum absolute atomic E-state index is 0.0483. The van der Waals surface area contributed by atoms with Crippen molar-refractivity contribution in [3.63, 3.8) is 0 Å². The first-order valence-corrected chi connectivity index (χ1v) is 16.0. The van der Waals surface area contributed by atoms with Crippen LogP contribution < -0.4 is 11.1 Å². The number of aliphatic hydroxyl groups excluding tert-OH is 1. The Labute approximate surface area is 230 Å². The van der Waals surface area contributed by atoms with Gasteiger partial charge in [0.25, 0.3) is 5.91 Å². The number of likely N-dealkylation sites (tertiary alicyclic amines) is 1. The van der Waals surface area contributed by atoms with E-state index >= 15 is 0 Å². The number of piperidine rings is 2. The van der Waals surface area contributed by atoms with Gasteiger partial charge in [-0.2, -0.15) is 0 Å². The van der Waals surface area contributed by atoms with Crippen LogP contribution in [0.2, 0.25) is 0 Å². The second kappa shape index (κ2) is 10.1. The number of nitrogens with one attached hydrogen (secondary N) is 1. The minimum Gasteiger partial charge on any atom is -0.393 e. The summed E-state index contributed by atoms with van der Waals surface area (Å²) >= 11 is 0. The Hall–Kier alpha value is -2.53. The summed E-state index contributed by atoms with van der Waals surface area (Å²) in [6.45, 7) is 3.36. The number of nitrogens with two attached hydrogens (primary N) is 1. The molecule has 2 saturated heterocycles. The molecule has 4 fully saturated rings. The van der Waals surface area contributed by atoms with Gasteiger partial charge >= 0.3 is 0 Å². The van der Waals surface area contributed by atoms with E-state index in [0.29, 0.717) is 43.5 Å². The molecule has 2 saturated carbocycles. The zero-order chi connectivity index (χ0) is 27.4. The lowest BCUT2D eigenvalue weighted by Crippen LogP contribution is -2.46. The van der Waals surface area contributed by atoms with E-state index in [0.717, 1.165) is 49.9 Å². The molecule has 4 N–H and O–H groups in total. The van der Waals surface area contributed by atoms with Crippen molar-refractivity contribution < 1.29 is 18.3 Å². The number of nitrogens with zero attached hydrogens (tertiary/aromatic N) is 3. The van der Waals surface area contributed by atoms with Crippen molar-refractivity contribution in [2.24, 2.45) is 5.92 Å². The van der Waals surface area contributed by atoms with Crippen molar-refractivity contribution in [3.8, 4) is 11.1 Å². The lowest BCUT2D eigenvalue weighted by molar-refractivity contribution is 0.0868. The average Bonchev–Trinajstić information content (AvgIpc) is 3.50. The van der Waals surface area contributed by atoms with Gasteiger partial charge in [-0.1, -0.05) is 24.3 Å². The third-order valence-electron chi connectivity index (χ3n) is 9.57. The molecule has 2 aromatic rings. The highest BCUT2D eigenvalue weighted by Crippen LogP contribution is 2.59. The average molecular weight is 554 g/mol. The van der Waals surface area contributed by atoms with Gasteiger partial charge in [0.05, 0.1) is 17.9 Å². The van der Waals surface area contributed by atoms with Crippen LogP contribution in [-0.2, 0) is 15.4 Å². The number of aliphatic hydroxyl groups is 1. The van der Waals surface area contributed by atoms with Gasteiger partial charge in [-0.25, -0.2) is 17.7 Å². The minimum atomic E-state index is -3.10. The maximum Gasteiger partial charge on any atom is 0.255 e. The van der Waals surface area contributed by atoms with Gasteiger partial charge in [-0.3, -0.25) is 9.69 Å². The molecule has 2 aliphatic carbocycles. The summed E-state index contributed by atoms with van der Waals surface area (Å²) < 4.78 is 25.4. The first-order chi connectivity index (χ1) is 18.6. The Kier molecular flexibility index (Phi) is 6.94. The predicted octanol–water partition coefficient (Wildman–Crippen LogP) is 2.36. The molecule has 6 rings (SSSR count). The van der Waals surface area contributed by atoms with E-state index in [9.17, 15) is 18.3 Å². The van der Waals surface area contributed by atoms with Crippen molar-refractivity contribution in [3.05, 3.63) is 47.7 Å². The molecule has 0 bridgehead atoms. The molecule has 0 unspecified atom stereocenters. The predicted molar refractivity (Wildman–Crippen MR) is 151 cm³/mol. The first-order valence-electron chi connectivity index (χ1n) is 14.2. The molecule has 2 aliphatic heterocycles. The monoisotopic (exact) mass is 553 g/mol. The number of carbonyl (C=O) groups is 1. The summed E-state index contributed by atoms with van der Waals surface area (Å²) in [5, 5.41) is 12.8. The normalized spacial score (nSPS) is 30.2. The smallest absolute Gasteiger partial charge is 0.255 e. The molecular formula is C29H39N5O4S. The van der Waals surface area contributed by atoms with Crippen LogP contribution in [0.4, 0.5) is 5.82 Å². The lowest BCUT2D eigenvalue weighted by Gasteiger charge is -2.36. The SMILES string of the molecule is CS(=O)(=O)N1CCC(N2C[C@H]3C[C@@]3(c3ccc(-c4cnc(N)c(C(=O)NC5CCC(O)CC5)c4)cc3)C2)CC1. The number of amides is 1. The Morgan fingerprint density at radius 2 is 1.77 bits per heavy atom. The van der Waals surface area contributed by atoms with E-state index in [-0.39, 0.29) is 29.3 Å². The molecule has 1 amide bonds. The number of hydrogen-bond donors (Lipinski definition) is 3. The van der Waals surface area contributed by atoms with Crippen LogP contribution in [0, 0.1) is 5.92 Å². The van der Waals surface area contributed by atoms with E-state index in [2.05, 4.69) is 39.5 Å². The standard InChI is InChI=1S/C29H39N5O4S/c1-39(37,38)34-12-10-24(11-13-34)33-17-22-15-29(22,18-33)21-4-2-19(3-5-21)20-14-26(27(30)31-16-20)28(36)32-23-6-8-25(35)9-7-23/h2-5,14,16,22-25,35H,6-13,15,17-18H2,1H3,(H2,30,31)(H,32,36)/t22-,23?,25?,29+/m1/s1. The van der Waals surface area contributed by atoms with E-state index < -0.39 is 10.0 Å². The van der Waals surface area contributed by atoms with Crippen molar-refractivity contribution in [2.45, 2.75) is 68.5 Å².